The number of rotatable bonds is 1. The molecule has 116 valence electrons. The zero-order chi connectivity index (χ0) is 15.9. The van der Waals surface area contributed by atoms with Crippen molar-refractivity contribution in [3.05, 3.63) is 39.9 Å². The molecule has 2 heterocycles. The molecule has 1 aromatic heterocycles. The van der Waals surface area contributed by atoms with Gasteiger partial charge in [0.05, 0.1) is 12.2 Å². The first-order valence-electron chi connectivity index (χ1n) is 7.38. The maximum atomic E-state index is 12.4. The van der Waals surface area contributed by atoms with Crippen molar-refractivity contribution in [3.63, 3.8) is 0 Å². The first kappa shape index (κ1) is 15.5. The van der Waals surface area contributed by atoms with Gasteiger partial charge in [-0.25, -0.2) is 4.98 Å². The summed E-state index contributed by atoms with van der Waals surface area (Å²) < 4.78 is 0. The second kappa shape index (κ2) is 5.67. The van der Waals surface area contributed by atoms with Gasteiger partial charge in [-0.1, -0.05) is 44.5 Å². The van der Waals surface area contributed by atoms with Gasteiger partial charge in [-0.05, 0) is 12.1 Å². The average Bonchev–Trinajstić information content (AvgIpc) is 2.89. The number of fused-ring (bicyclic) bond motifs is 1. The number of hydrogen-bond donors (Lipinski definition) is 0. The largest absolute Gasteiger partial charge is 0.337 e. The predicted molar refractivity (Wildman–Crippen MR) is 91.1 cm³/mol. The first-order chi connectivity index (χ1) is 10.3. The van der Waals surface area contributed by atoms with Crippen LogP contribution in [0.25, 0.3) is 10.6 Å². The minimum absolute atomic E-state index is 0.208. The highest BCUT2D eigenvalue weighted by Crippen LogP contribution is 2.33. The Hall–Kier alpha value is -1.39. The Balaban J connectivity index is 1.84. The van der Waals surface area contributed by atoms with Gasteiger partial charge in [-0.2, -0.15) is 0 Å². The third kappa shape index (κ3) is 3.03. The Morgan fingerprint density at radius 3 is 2.59 bits per heavy atom. The van der Waals surface area contributed by atoms with Crippen LogP contribution in [0.3, 0.4) is 0 Å². The molecule has 0 N–H and O–H groups in total. The third-order valence-corrected chi connectivity index (χ3v) is 5.13. The van der Waals surface area contributed by atoms with Crippen LogP contribution in [0.2, 0.25) is 5.02 Å². The van der Waals surface area contributed by atoms with E-state index in [1.807, 2.05) is 49.9 Å². The van der Waals surface area contributed by atoms with Crippen molar-refractivity contribution >= 4 is 28.8 Å². The van der Waals surface area contributed by atoms with Crippen LogP contribution >= 0.6 is 22.9 Å². The molecule has 0 saturated heterocycles. The monoisotopic (exact) mass is 334 g/mol. The van der Waals surface area contributed by atoms with Crippen molar-refractivity contribution in [1.82, 2.24) is 9.88 Å². The van der Waals surface area contributed by atoms with Crippen LogP contribution in [-0.2, 0) is 17.8 Å². The van der Waals surface area contributed by atoms with Crippen molar-refractivity contribution in [2.45, 2.75) is 33.7 Å². The van der Waals surface area contributed by atoms with E-state index in [1.54, 1.807) is 11.3 Å². The Labute approximate surface area is 139 Å². The molecule has 1 aliphatic heterocycles. The summed E-state index contributed by atoms with van der Waals surface area (Å²) in [6.45, 7) is 7.34. The molecule has 0 atom stereocenters. The molecule has 5 heteroatoms. The lowest BCUT2D eigenvalue weighted by Crippen LogP contribution is -2.42. The van der Waals surface area contributed by atoms with Gasteiger partial charge in [0.15, 0.2) is 0 Å². The van der Waals surface area contributed by atoms with Gasteiger partial charge in [0.25, 0.3) is 0 Å². The highest BCUT2D eigenvalue weighted by atomic mass is 35.5. The Kier molecular flexibility index (Phi) is 4.00. The van der Waals surface area contributed by atoms with Gasteiger partial charge in [-0.3, -0.25) is 4.79 Å². The van der Waals surface area contributed by atoms with Gasteiger partial charge in [0.1, 0.15) is 5.01 Å². The van der Waals surface area contributed by atoms with Crippen LogP contribution in [0.4, 0.5) is 0 Å². The van der Waals surface area contributed by atoms with E-state index in [2.05, 4.69) is 0 Å². The molecule has 1 aliphatic rings. The number of aromatic nitrogens is 1. The van der Waals surface area contributed by atoms with E-state index in [-0.39, 0.29) is 11.3 Å². The molecule has 1 aromatic carbocycles. The summed E-state index contributed by atoms with van der Waals surface area (Å²) in [7, 11) is 0. The number of carbonyl (C=O) groups excluding carboxylic acids is 1. The fraction of sp³-hybridized carbons (Fsp3) is 0.412. The molecule has 22 heavy (non-hydrogen) atoms. The maximum absolute atomic E-state index is 12.4. The van der Waals surface area contributed by atoms with E-state index in [0.29, 0.717) is 6.54 Å². The van der Waals surface area contributed by atoms with E-state index in [0.717, 1.165) is 34.3 Å². The summed E-state index contributed by atoms with van der Waals surface area (Å²) >= 11 is 7.61. The molecule has 0 spiro atoms. The van der Waals surface area contributed by atoms with Crippen LogP contribution < -0.4 is 0 Å². The fourth-order valence-electron chi connectivity index (χ4n) is 2.56. The number of hydrogen-bond acceptors (Lipinski definition) is 3. The number of thiazole rings is 1. The van der Waals surface area contributed by atoms with Crippen molar-refractivity contribution in [1.29, 1.82) is 0 Å². The smallest absolute Gasteiger partial charge is 0.228 e. The molecule has 3 nitrogen and oxygen atoms in total. The molecule has 2 aromatic rings. The highest BCUT2D eigenvalue weighted by Gasteiger charge is 2.31. The Morgan fingerprint density at radius 2 is 1.95 bits per heavy atom. The average molecular weight is 335 g/mol. The molecule has 3 rings (SSSR count). The second-order valence-corrected chi connectivity index (χ2v) is 8.14. The highest BCUT2D eigenvalue weighted by molar-refractivity contribution is 7.15. The zero-order valence-corrected chi connectivity index (χ0v) is 14.6. The molecule has 1 amide bonds. The number of benzene rings is 1. The standard InChI is InChI=1S/C17H19ClN2OS/c1-17(2,3)16(21)20-9-8-13-14(10-20)22-15(19-13)11-4-6-12(18)7-5-11/h4-7H,8-10H2,1-3H3. The molecule has 0 unspecified atom stereocenters. The van der Waals surface area contributed by atoms with Crippen molar-refractivity contribution < 1.29 is 4.79 Å². The van der Waals surface area contributed by atoms with Crippen LogP contribution in [0.5, 0.6) is 0 Å². The molecule has 0 saturated carbocycles. The maximum Gasteiger partial charge on any atom is 0.228 e. The lowest BCUT2D eigenvalue weighted by atomic mass is 9.94. The summed E-state index contributed by atoms with van der Waals surface area (Å²) in [5, 5.41) is 1.73. The molecule has 0 radical (unpaired) electrons. The van der Waals surface area contributed by atoms with E-state index in [1.165, 1.54) is 4.88 Å². The van der Waals surface area contributed by atoms with E-state index >= 15 is 0 Å². The number of amides is 1. The fourth-order valence-corrected chi connectivity index (χ4v) is 3.81. The quantitative estimate of drug-likeness (QED) is 0.774. The number of nitrogens with zero attached hydrogens (tertiary/aromatic N) is 2. The topological polar surface area (TPSA) is 33.2 Å². The predicted octanol–water partition coefficient (Wildman–Crippen LogP) is 4.39. The molecule has 0 bridgehead atoms. The van der Waals surface area contributed by atoms with Crippen LogP contribution in [-0.4, -0.2) is 22.3 Å². The van der Waals surface area contributed by atoms with Crippen LogP contribution in [0.1, 0.15) is 31.3 Å². The lowest BCUT2D eigenvalue weighted by molar-refractivity contribution is -0.140. The minimum atomic E-state index is -0.332. The Morgan fingerprint density at radius 1 is 1.27 bits per heavy atom. The summed E-state index contributed by atoms with van der Waals surface area (Å²) in [5.41, 5.74) is 1.88. The lowest BCUT2D eigenvalue weighted by Gasteiger charge is -2.31. The summed E-state index contributed by atoms with van der Waals surface area (Å²) in [6.07, 6.45) is 0.835. The van der Waals surface area contributed by atoms with E-state index in [9.17, 15) is 4.79 Å². The first-order valence-corrected chi connectivity index (χ1v) is 8.58. The number of carbonyl (C=O) groups is 1. The normalized spacial score (nSPS) is 14.8. The van der Waals surface area contributed by atoms with Gasteiger partial charge in [0, 0.05) is 33.8 Å². The van der Waals surface area contributed by atoms with Gasteiger partial charge < -0.3 is 4.90 Å². The molecule has 0 fully saturated rings. The van der Waals surface area contributed by atoms with Crippen molar-refractivity contribution in [3.8, 4) is 10.6 Å². The van der Waals surface area contributed by atoms with Gasteiger partial charge in [0.2, 0.25) is 5.91 Å². The summed E-state index contributed by atoms with van der Waals surface area (Å²) in [4.78, 5) is 20.3. The van der Waals surface area contributed by atoms with E-state index < -0.39 is 0 Å². The summed E-state index contributed by atoms with van der Waals surface area (Å²) in [5.74, 6) is 0.208. The molecular formula is C17H19ClN2OS. The van der Waals surface area contributed by atoms with Gasteiger partial charge in [-0.15, -0.1) is 11.3 Å². The zero-order valence-electron chi connectivity index (χ0n) is 13.0. The summed E-state index contributed by atoms with van der Waals surface area (Å²) in [6, 6.07) is 7.74. The third-order valence-electron chi connectivity index (χ3n) is 3.75. The minimum Gasteiger partial charge on any atom is -0.337 e. The van der Waals surface area contributed by atoms with Crippen LogP contribution in [0.15, 0.2) is 24.3 Å². The van der Waals surface area contributed by atoms with Crippen LogP contribution in [0, 0.1) is 5.41 Å². The second-order valence-electron chi connectivity index (χ2n) is 6.62. The van der Waals surface area contributed by atoms with Crippen molar-refractivity contribution in [2.75, 3.05) is 6.54 Å². The molecule has 0 aliphatic carbocycles. The molecular weight excluding hydrogens is 316 g/mol. The number of halogens is 1. The van der Waals surface area contributed by atoms with Gasteiger partial charge >= 0.3 is 0 Å². The van der Waals surface area contributed by atoms with E-state index in [4.69, 9.17) is 16.6 Å². The SMILES string of the molecule is CC(C)(C)C(=O)N1CCc2nc(-c3ccc(Cl)cc3)sc2C1. The van der Waals surface area contributed by atoms with Crippen molar-refractivity contribution in [2.24, 2.45) is 5.41 Å². The Bertz CT molecular complexity index is 700.